The summed E-state index contributed by atoms with van der Waals surface area (Å²) in [4.78, 5) is 51.9. The normalized spacial score (nSPS) is 16.8. The zero-order chi connectivity index (χ0) is 29.1. The number of carbonyl (C=O) groups excluding carboxylic acids is 4. The van der Waals surface area contributed by atoms with E-state index in [9.17, 15) is 28.0 Å². The average Bonchev–Trinajstić information content (AvgIpc) is 3.45. The van der Waals surface area contributed by atoms with Crippen LogP contribution in [-0.4, -0.2) is 57.9 Å². The van der Waals surface area contributed by atoms with Crippen molar-refractivity contribution in [3.63, 3.8) is 0 Å². The lowest BCUT2D eigenvalue weighted by Gasteiger charge is -2.24. The van der Waals surface area contributed by atoms with Crippen molar-refractivity contribution in [2.75, 3.05) is 11.9 Å². The fourth-order valence-electron chi connectivity index (χ4n) is 4.75. The van der Waals surface area contributed by atoms with E-state index in [1.54, 1.807) is 28.8 Å². The topological polar surface area (TPSA) is 113 Å². The van der Waals surface area contributed by atoms with Crippen molar-refractivity contribution in [2.45, 2.75) is 58.5 Å². The van der Waals surface area contributed by atoms with Gasteiger partial charge in [0.05, 0.1) is 11.6 Å². The van der Waals surface area contributed by atoms with Crippen LogP contribution >= 0.6 is 11.6 Å². The minimum atomic E-state index is -1.40. The molecule has 4 amide bonds. The van der Waals surface area contributed by atoms with Gasteiger partial charge in [-0.25, -0.2) is 13.6 Å². The van der Waals surface area contributed by atoms with Gasteiger partial charge in [-0.2, -0.15) is 0 Å². The lowest BCUT2D eigenvalue weighted by atomic mass is 10.1. The molecule has 4 rings (SSSR count). The van der Waals surface area contributed by atoms with Crippen molar-refractivity contribution in [3.8, 4) is 0 Å². The summed E-state index contributed by atoms with van der Waals surface area (Å²) in [6.07, 6.45) is -0.0562. The Morgan fingerprint density at radius 2 is 1.90 bits per heavy atom. The van der Waals surface area contributed by atoms with E-state index in [1.807, 2.05) is 13.8 Å². The number of anilines is 1. The number of fused-ring (bicyclic) bond motifs is 1. The van der Waals surface area contributed by atoms with Crippen LogP contribution in [0.5, 0.6) is 0 Å². The number of rotatable bonds is 8. The third-order valence-corrected chi connectivity index (χ3v) is 6.89. The third kappa shape index (κ3) is 6.41. The lowest BCUT2D eigenvalue weighted by Crippen LogP contribution is -2.46. The number of hydrogen-bond acceptors (Lipinski definition) is 4. The molecule has 0 unspecified atom stereocenters. The predicted octanol–water partition coefficient (Wildman–Crippen LogP) is 4.42. The standard InChI is InChI=1S/C28H30ClF2N5O4/c1-15(2)33-28(40)34-19-7-8-23-20(10-19)21(16(3)37)13-35(23)14-25(38)36-12-18(30)9-24(36)27(39)32-11-17-5-4-6-22(29)26(17)31/h4-8,10,13,15,18,24H,9,11-12,14H2,1-3H3,(H,32,39)(H2,33,34,40)/t18-,24+/m1/s1. The van der Waals surface area contributed by atoms with Crippen LogP contribution in [-0.2, 0) is 22.7 Å². The minimum Gasteiger partial charge on any atom is -0.350 e. The van der Waals surface area contributed by atoms with Crippen molar-refractivity contribution < 1.29 is 28.0 Å². The molecule has 2 aromatic carbocycles. The number of likely N-dealkylation sites (tertiary alicyclic amines) is 1. The summed E-state index contributed by atoms with van der Waals surface area (Å²) in [5, 5.41) is 8.46. The molecule has 1 saturated heterocycles. The van der Waals surface area contributed by atoms with Crippen LogP contribution in [0, 0.1) is 5.82 Å². The zero-order valence-corrected chi connectivity index (χ0v) is 23.0. The molecular weight excluding hydrogens is 544 g/mol. The molecule has 1 aliphatic heterocycles. The number of ketones is 1. The first-order chi connectivity index (χ1) is 18.9. The summed E-state index contributed by atoms with van der Waals surface area (Å²) >= 11 is 5.79. The van der Waals surface area contributed by atoms with Crippen LogP contribution in [0.1, 0.15) is 43.1 Å². The number of halogens is 3. The van der Waals surface area contributed by atoms with Gasteiger partial charge < -0.3 is 25.4 Å². The SMILES string of the molecule is CC(=O)c1cn(CC(=O)N2C[C@H](F)C[C@H]2C(=O)NCc2cccc(Cl)c2F)c2ccc(NC(=O)NC(C)C)cc12. The number of carbonyl (C=O) groups is 4. The third-order valence-electron chi connectivity index (χ3n) is 6.60. The van der Waals surface area contributed by atoms with E-state index in [-0.39, 0.29) is 48.5 Å². The van der Waals surface area contributed by atoms with Gasteiger partial charge in [0.1, 0.15) is 24.6 Å². The number of benzene rings is 2. The van der Waals surface area contributed by atoms with Crippen LogP contribution in [0.4, 0.5) is 19.3 Å². The first kappa shape index (κ1) is 29.0. The Morgan fingerprint density at radius 3 is 2.60 bits per heavy atom. The van der Waals surface area contributed by atoms with E-state index in [1.165, 1.54) is 30.2 Å². The quantitative estimate of drug-likeness (QED) is 0.346. The van der Waals surface area contributed by atoms with Gasteiger partial charge in [0, 0.05) is 52.9 Å². The second kappa shape index (κ2) is 12.0. The predicted molar refractivity (Wildman–Crippen MR) is 148 cm³/mol. The molecule has 212 valence electrons. The molecule has 40 heavy (non-hydrogen) atoms. The largest absolute Gasteiger partial charge is 0.350 e. The van der Waals surface area contributed by atoms with Crippen LogP contribution in [0.3, 0.4) is 0 Å². The Hall–Kier alpha value is -3.99. The Balaban J connectivity index is 1.51. The summed E-state index contributed by atoms with van der Waals surface area (Å²) in [6, 6.07) is 7.83. The summed E-state index contributed by atoms with van der Waals surface area (Å²) in [6.45, 7) is 4.36. The highest BCUT2D eigenvalue weighted by Gasteiger charge is 2.39. The van der Waals surface area contributed by atoms with E-state index in [0.29, 0.717) is 22.2 Å². The maximum atomic E-state index is 14.4. The van der Waals surface area contributed by atoms with E-state index in [2.05, 4.69) is 16.0 Å². The van der Waals surface area contributed by atoms with Gasteiger partial charge in [-0.3, -0.25) is 14.4 Å². The molecule has 0 spiro atoms. The number of urea groups is 1. The molecule has 1 aromatic heterocycles. The Morgan fingerprint density at radius 1 is 1.15 bits per heavy atom. The first-order valence-corrected chi connectivity index (χ1v) is 13.2. The zero-order valence-electron chi connectivity index (χ0n) is 22.3. The van der Waals surface area contributed by atoms with E-state index in [4.69, 9.17) is 11.6 Å². The molecule has 1 fully saturated rings. The number of hydrogen-bond donors (Lipinski definition) is 3. The van der Waals surface area contributed by atoms with Gasteiger partial charge in [0.25, 0.3) is 0 Å². The van der Waals surface area contributed by atoms with Gasteiger partial charge in [-0.05, 0) is 45.0 Å². The monoisotopic (exact) mass is 573 g/mol. The van der Waals surface area contributed by atoms with Gasteiger partial charge >= 0.3 is 6.03 Å². The number of nitrogens with one attached hydrogen (secondary N) is 3. The minimum absolute atomic E-state index is 0.0676. The highest BCUT2D eigenvalue weighted by molar-refractivity contribution is 6.30. The van der Waals surface area contributed by atoms with Crippen LogP contribution in [0.25, 0.3) is 10.9 Å². The smallest absolute Gasteiger partial charge is 0.319 e. The fourth-order valence-corrected chi connectivity index (χ4v) is 4.94. The van der Waals surface area contributed by atoms with Crippen molar-refractivity contribution >= 4 is 51.8 Å². The van der Waals surface area contributed by atoms with Crippen LogP contribution in [0.15, 0.2) is 42.6 Å². The van der Waals surface area contributed by atoms with Gasteiger partial charge in [0.2, 0.25) is 11.8 Å². The highest BCUT2D eigenvalue weighted by atomic mass is 35.5. The second-order valence-electron chi connectivity index (χ2n) is 10.0. The van der Waals surface area contributed by atoms with E-state index >= 15 is 0 Å². The van der Waals surface area contributed by atoms with Gasteiger partial charge in [-0.15, -0.1) is 0 Å². The van der Waals surface area contributed by atoms with E-state index < -0.39 is 35.9 Å². The van der Waals surface area contributed by atoms with Crippen molar-refractivity contribution in [1.29, 1.82) is 0 Å². The first-order valence-electron chi connectivity index (χ1n) is 12.8. The molecule has 0 bridgehead atoms. The second-order valence-corrected chi connectivity index (χ2v) is 10.4. The Labute approximate surface area is 234 Å². The number of amides is 4. The molecule has 12 heteroatoms. The molecule has 0 saturated carbocycles. The maximum absolute atomic E-state index is 14.4. The van der Waals surface area contributed by atoms with Crippen molar-refractivity contribution in [2.24, 2.45) is 0 Å². The number of Topliss-reactive ketones (excluding diaryl/α,β-unsaturated/α-hetero) is 1. The molecule has 0 radical (unpaired) electrons. The van der Waals surface area contributed by atoms with Crippen LogP contribution in [0.2, 0.25) is 5.02 Å². The molecule has 2 atom stereocenters. The molecule has 9 nitrogen and oxygen atoms in total. The molecule has 0 aliphatic carbocycles. The van der Waals surface area contributed by atoms with Crippen LogP contribution < -0.4 is 16.0 Å². The van der Waals surface area contributed by atoms with Crippen molar-refractivity contribution in [1.82, 2.24) is 20.1 Å². The van der Waals surface area contributed by atoms with E-state index in [0.717, 1.165) is 0 Å². The van der Waals surface area contributed by atoms with Gasteiger partial charge in [-0.1, -0.05) is 23.7 Å². The summed E-state index contributed by atoms with van der Waals surface area (Å²) in [5.41, 5.74) is 1.53. The Bertz CT molecular complexity index is 1470. The van der Waals surface area contributed by atoms with Gasteiger partial charge in [0.15, 0.2) is 5.78 Å². The molecular formula is C28H30ClF2N5O4. The summed E-state index contributed by atoms with van der Waals surface area (Å²) < 4.78 is 30.2. The number of aromatic nitrogens is 1. The highest BCUT2D eigenvalue weighted by Crippen LogP contribution is 2.27. The Kier molecular flexibility index (Phi) is 8.73. The summed E-state index contributed by atoms with van der Waals surface area (Å²) in [7, 11) is 0. The molecule has 3 N–H and O–H groups in total. The molecule has 2 heterocycles. The average molecular weight is 574 g/mol. The van der Waals surface area contributed by atoms with Crippen molar-refractivity contribution in [3.05, 3.63) is 64.6 Å². The molecule has 3 aromatic rings. The number of alkyl halides is 1. The fraction of sp³-hybridized carbons (Fsp3) is 0.357. The number of nitrogens with zero attached hydrogens (tertiary/aromatic N) is 2. The lowest BCUT2D eigenvalue weighted by molar-refractivity contribution is -0.139. The maximum Gasteiger partial charge on any atom is 0.319 e. The summed E-state index contributed by atoms with van der Waals surface area (Å²) in [5.74, 6) is -2.02. The molecule has 1 aliphatic rings.